The Morgan fingerprint density at radius 2 is 1.67 bits per heavy atom. The van der Waals surface area contributed by atoms with E-state index in [0.29, 0.717) is 16.3 Å². The summed E-state index contributed by atoms with van der Waals surface area (Å²) in [5.41, 5.74) is 4.06. The molecule has 0 saturated heterocycles. The van der Waals surface area contributed by atoms with E-state index in [0.717, 1.165) is 22.5 Å². The van der Waals surface area contributed by atoms with E-state index in [9.17, 15) is 4.79 Å². The highest BCUT2D eigenvalue weighted by atomic mass is 35.5. The summed E-state index contributed by atoms with van der Waals surface area (Å²) >= 11 is 6.04. The molecule has 1 heterocycles. The lowest BCUT2D eigenvalue weighted by atomic mass is 10.1. The number of aromatic nitrogens is 2. The van der Waals surface area contributed by atoms with Crippen LogP contribution in [0.4, 0.5) is 0 Å². The van der Waals surface area contributed by atoms with Crippen LogP contribution in [0.2, 0.25) is 5.02 Å². The van der Waals surface area contributed by atoms with Gasteiger partial charge in [-0.05, 0) is 60.7 Å². The third-order valence-corrected chi connectivity index (χ3v) is 4.92. The predicted octanol–water partition coefficient (Wildman–Crippen LogP) is 6.10. The molecule has 1 aromatic heterocycles. The number of benzene rings is 3. The predicted molar refractivity (Wildman–Crippen MR) is 120 cm³/mol. The molecule has 148 valence electrons. The van der Waals surface area contributed by atoms with E-state index < -0.39 is 0 Å². The summed E-state index contributed by atoms with van der Waals surface area (Å²) in [6, 6.07) is 24.4. The smallest absolute Gasteiger partial charge is 0.185 e. The molecular formula is C25H19ClN2O2. The zero-order chi connectivity index (χ0) is 20.9. The van der Waals surface area contributed by atoms with Gasteiger partial charge in [0.05, 0.1) is 18.5 Å². The lowest BCUT2D eigenvalue weighted by Gasteiger charge is -2.01. The summed E-state index contributed by atoms with van der Waals surface area (Å²) in [6.45, 7) is 0. The van der Waals surface area contributed by atoms with Gasteiger partial charge < -0.3 is 4.74 Å². The van der Waals surface area contributed by atoms with Crippen molar-refractivity contribution in [2.45, 2.75) is 0 Å². The lowest BCUT2D eigenvalue weighted by molar-refractivity contribution is 0.104. The highest BCUT2D eigenvalue weighted by molar-refractivity contribution is 6.30. The first kappa shape index (κ1) is 19.7. The number of rotatable bonds is 6. The van der Waals surface area contributed by atoms with E-state index >= 15 is 0 Å². The van der Waals surface area contributed by atoms with Gasteiger partial charge in [0.2, 0.25) is 0 Å². The second-order valence-electron chi connectivity index (χ2n) is 6.65. The molecule has 4 aromatic rings. The summed E-state index contributed by atoms with van der Waals surface area (Å²) in [7, 11) is 1.60. The molecule has 5 heteroatoms. The summed E-state index contributed by atoms with van der Waals surface area (Å²) in [4.78, 5) is 12.6. The number of hydrogen-bond acceptors (Lipinski definition) is 3. The van der Waals surface area contributed by atoms with Gasteiger partial charge in [-0.15, -0.1) is 0 Å². The second kappa shape index (κ2) is 8.80. The number of nitrogens with zero attached hydrogens (tertiary/aromatic N) is 2. The van der Waals surface area contributed by atoms with Gasteiger partial charge in [-0.2, -0.15) is 5.10 Å². The average Bonchev–Trinajstić information content (AvgIpc) is 3.23. The van der Waals surface area contributed by atoms with Crippen molar-refractivity contribution in [1.82, 2.24) is 9.78 Å². The molecule has 0 bridgehead atoms. The Morgan fingerprint density at radius 3 is 2.33 bits per heavy atom. The molecule has 0 radical (unpaired) electrons. The van der Waals surface area contributed by atoms with Gasteiger partial charge in [-0.3, -0.25) is 4.79 Å². The van der Waals surface area contributed by atoms with E-state index in [1.807, 2.05) is 65.5 Å². The molecule has 0 spiro atoms. The van der Waals surface area contributed by atoms with Crippen LogP contribution in [0, 0.1) is 0 Å². The Hall–Kier alpha value is -3.63. The van der Waals surface area contributed by atoms with E-state index in [2.05, 4.69) is 0 Å². The van der Waals surface area contributed by atoms with Gasteiger partial charge in [-0.1, -0.05) is 41.9 Å². The Balaban J connectivity index is 1.69. The van der Waals surface area contributed by atoms with Crippen LogP contribution in [0.5, 0.6) is 5.75 Å². The van der Waals surface area contributed by atoms with E-state index in [4.69, 9.17) is 21.4 Å². The molecule has 4 rings (SSSR count). The molecule has 0 unspecified atom stereocenters. The molecule has 0 amide bonds. The van der Waals surface area contributed by atoms with Crippen molar-refractivity contribution in [2.24, 2.45) is 0 Å². The van der Waals surface area contributed by atoms with E-state index in [1.165, 1.54) is 0 Å². The van der Waals surface area contributed by atoms with E-state index in [-0.39, 0.29) is 5.78 Å². The van der Waals surface area contributed by atoms with Crippen molar-refractivity contribution < 1.29 is 9.53 Å². The zero-order valence-electron chi connectivity index (χ0n) is 16.3. The molecule has 0 N–H and O–H groups in total. The minimum Gasteiger partial charge on any atom is -0.497 e. The first-order chi connectivity index (χ1) is 14.6. The fraction of sp³-hybridized carbons (Fsp3) is 0.0400. The fourth-order valence-electron chi connectivity index (χ4n) is 3.07. The topological polar surface area (TPSA) is 44.1 Å². The monoisotopic (exact) mass is 414 g/mol. The number of carbonyl (C=O) groups is 1. The standard InChI is InChI=1S/C25H19ClN2O2/c1-30-23-14-9-18(10-15-23)24(29)16-11-20-17-28(22-5-3-2-4-6-22)27-25(20)19-7-12-21(26)13-8-19/h2-17H,1H3. The maximum absolute atomic E-state index is 12.6. The quantitative estimate of drug-likeness (QED) is 0.283. The third-order valence-electron chi connectivity index (χ3n) is 4.67. The average molecular weight is 415 g/mol. The molecule has 30 heavy (non-hydrogen) atoms. The molecule has 0 aliphatic rings. The van der Waals surface area contributed by atoms with Crippen LogP contribution in [0.25, 0.3) is 23.0 Å². The molecular weight excluding hydrogens is 396 g/mol. The van der Waals surface area contributed by atoms with Gasteiger partial charge in [0.1, 0.15) is 5.75 Å². The van der Waals surface area contributed by atoms with Crippen LogP contribution < -0.4 is 4.74 Å². The SMILES string of the molecule is COc1ccc(C(=O)C=Cc2cn(-c3ccccc3)nc2-c2ccc(Cl)cc2)cc1. The molecule has 3 aromatic carbocycles. The summed E-state index contributed by atoms with van der Waals surface area (Å²) in [5, 5.41) is 5.41. The van der Waals surface area contributed by atoms with Gasteiger partial charge in [0, 0.05) is 27.9 Å². The van der Waals surface area contributed by atoms with E-state index in [1.54, 1.807) is 43.5 Å². The minimum atomic E-state index is -0.0906. The van der Waals surface area contributed by atoms with Crippen molar-refractivity contribution in [3.05, 3.63) is 107 Å². The lowest BCUT2D eigenvalue weighted by Crippen LogP contribution is -1.94. The Morgan fingerprint density at radius 1 is 0.967 bits per heavy atom. The molecule has 0 fully saturated rings. The minimum absolute atomic E-state index is 0.0906. The van der Waals surface area contributed by atoms with Crippen LogP contribution in [-0.4, -0.2) is 22.7 Å². The number of halogens is 1. The summed E-state index contributed by atoms with van der Waals surface area (Å²) in [5.74, 6) is 0.622. The fourth-order valence-corrected chi connectivity index (χ4v) is 3.20. The van der Waals surface area contributed by atoms with Crippen LogP contribution in [-0.2, 0) is 0 Å². The molecule has 0 aliphatic carbocycles. The largest absolute Gasteiger partial charge is 0.497 e. The van der Waals surface area contributed by atoms with Crippen LogP contribution in [0.3, 0.4) is 0 Å². The normalized spacial score (nSPS) is 11.0. The van der Waals surface area contributed by atoms with Crippen LogP contribution in [0.15, 0.2) is 91.1 Å². The number of ether oxygens (including phenoxy) is 1. The second-order valence-corrected chi connectivity index (χ2v) is 7.08. The Bertz CT molecular complexity index is 1180. The third kappa shape index (κ3) is 4.34. The van der Waals surface area contributed by atoms with Crippen LogP contribution in [0.1, 0.15) is 15.9 Å². The zero-order valence-corrected chi connectivity index (χ0v) is 17.1. The maximum Gasteiger partial charge on any atom is 0.185 e. The number of carbonyl (C=O) groups excluding carboxylic acids is 1. The molecule has 0 atom stereocenters. The number of allylic oxidation sites excluding steroid dienone is 1. The van der Waals surface area contributed by atoms with Crippen LogP contribution >= 0.6 is 11.6 Å². The highest BCUT2D eigenvalue weighted by Gasteiger charge is 2.11. The van der Waals surface area contributed by atoms with Crippen molar-refractivity contribution in [3.8, 4) is 22.7 Å². The van der Waals surface area contributed by atoms with Gasteiger partial charge in [0.25, 0.3) is 0 Å². The highest BCUT2D eigenvalue weighted by Crippen LogP contribution is 2.26. The van der Waals surface area contributed by atoms with Crippen molar-refractivity contribution in [1.29, 1.82) is 0 Å². The summed E-state index contributed by atoms with van der Waals surface area (Å²) in [6.07, 6.45) is 5.27. The molecule has 4 nitrogen and oxygen atoms in total. The van der Waals surface area contributed by atoms with Gasteiger partial charge in [0.15, 0.2) is 5.78 Å². The Kier molecular flexibility index (Phi) is 5.77. The first-order valence-corrected chi connectivity index (χ1v) is 9.79. The maximum atomic E-state index is 12.6. The first-order valence-electron chi connectivity index (χ1n) is 9.41. The summed E-state index contributed by atoms with van der Waals surface area (Å²) < 4.78 is 6.95. The van der Waals surface area contributed by atoms with Gasteiger partial charge in [-0.25, -0.2) is 4.68 Å². The number of para-hydroxylation sites is 1. The number of ketones is 1. The molecule has 0 aliphatic heterocycles. The molecule has 0 saturated carbocycles. The van der Waals surface area contributed by atoms with Crippen molar-refractivity contribution in [2.75, 3.05) is 7.11 Å². The Labute approximate surface area is 180 Å². The van der Waals surface area contributed by atoms with Crippen molar-refractivity contribution in [3.63, 3.8) is 0 Å². The number of methoxy groups -OCH3 is 1. The van der Waals surface area contributed by atoms with Gasteiger partial charge >= 0.3 is 0 Å². The number of hydrogen-bond donors (Lipinski definition) is 0. The van der Waals surface area contributed by atoms with Crippen molar-refractivity contribution >= 4 is 23.5 Å².